The Balaban J connectivity index is 1.91. The average molecular weight is 269 g/mol. The van der Waals surface area contributed by atoms with Crippen molar-refractivity contribution in [3.05, 3.63) is 0 Å². The van der Waals surface area contributed by atoms with Gasteiger partial charge in [0.1, 0.15) is 11.1 Å². The van der Waals surface area contributed by atoms with Crippen molar-refractivity contribution in [3.63, 3.8) is 0 Å². The first-order chi connectivity index (χ1) is 8.82. The minimum Gasteiger partial charge on any atom is -0.444 e. The van der Waals surface area contributed by atoms with Crippen molar-refractivity contribution in [2.24, 2.45) is 0 Å². The summed E-state index contributed by atoms with van der Waals surface area (Å²) < 4.78 is 5.22. The van der Waals surface area contributed by atoms with Gasteiger partial charge in [0, 0.05) is 26.2 Å². The number of carbonyl (C=O) groups is 2. The van der Waals surface area contributed by atoms with Crippen LogP contribution in [0.25, 0.3) is 0 Å². The number of carbonyl (C=O) groups excluding carboxylic acids is 2. The summed E-state index contributed by atoms with van der Waals surface area (Å²) in [6.45, 7) is 8.47. The van der Waals surface area contributed by atoms with Crippen LogP contribution in [0.3, 0.4) is 0 Å². The Morgan fingerprint density at radius 3 is 2.26 bits per heavy atom. The van der Waals surface area contributed by atoms with Crippen LogP contribution in [0, 0.1) is 0 Å². The van der Waals surface area contributed by atoms with Gasteiger partial charge in [-0.2, -0.15) is 0 Å². The van der Waals surface area contributed by atoms with E-state index in [0.29, 0.717) is 25.9 Å². The predicted molar refractivity (Wildman–Crippen MR) is 70.8 cm³/mol. The molecule has 2 fully saturated rings. The van der Waals surface area contributed by atoms with E-state index >= 15 is 0 Å². The lowest BCUT2D eigenvalue weighted by molar-refractivity contribution is -0.135. The van der Waals surface area contributed by atoms with E-state index in [2.05, 4.69) is 10.6 Å². The molecular formula is C13H23N3O3. The molecule has 0 aromatic heterocycles. The summed E-state index contributed by atoms with van der Waals surface area (Å²) in [6.07, 6.45) is 0.901. The zero-order chi connectivity index (χ0) is 14.1. The van der Waals surface area contributed by atoms with E-state index in [1.807, 2.05) is 25.7 Å². The van der Waals surface area contributed by atoms with Gasteiger partial charge >= 0.3 is 6.09 Å². The third kappa shape index (κ3) is 3.59. The molecule has 19 heavy (non-hydrogen) atoms. The highest BCUT2D eigenvalue weighted by atomic mass is 16.6. The smallest absolute Gasteiger partial charge is 0.408 e. The summed E-state index contributed by atoms with van der Waals surface area (Å²) in [5.41, 5.74) is -1.25. The first-order valence-corrected chi connectivity index (χ1v) is 6.84. The van der Waals surface area contributed by atoms with Gasteiger partial charge in [-0.3, -0.25) is 4.79 Å². The fourth-order valence-electron chi connectivity index (χ4n) is 2.19. The molecule has 2 N–H and O–H groups in total. The molecule has 1 aliphatic carbocycles. The molecule has 0 radical (unpaired) electrons. The molecule has 108 valence electrons. The third-order valence-corrected chi connectivity index (χ3v) is 3.30. The number of nitrogens with zero attached hydrogens (tertiary/aromatic N) is 1. The van der Waals surface area contributed by atoms with Crippen molar-refractivity contribution in [1.29, 1.82) is 0 Å². The van der Waals surface area contributed by atoms with Gasteiger partial charge < -0.3 is 20.3 Å². The number of alkyl carbamates (subject to hydrolysis) is 1. The van der Waals surface area contributed by atoms with Gasteiger partial charge in [-0.05, 0) is 33.6 Å². The number of nitrogens with one attached hydrogen (secondary N) is 2. The first kappa shape index (κ1) is 14.1. The zero-order valence-corrected chi connectivity index (χ0v) is 11.9. The maximum Gasteiger partial charge on any atom is 0.408 e. The molecule has 0 aromatic carbocycles. The number of amides is 2. The summed E-state index contributed by atoms with van der Waals surface area (Å²) in [6, 6.07) is 0. The van der Waals surface area contributed by atoms with E-state index in [1.54, 1.807) is 0 Å². The minimum absolute atomic E-state index is 0.0276. The van der Waals surface area contributed by atoms with E-state index in [4.69, 9.17) is 4.74 Å². The van der Waals surface area contributed by atoms with Crippen molar-refractivity contribution in [2.75, 3.05) is 26.2 Å². The van der Waals surface area contributed by atoms with E-state index < -0.39 is 17.2 Å². The Kier molecular flexibility index (Phi) is 3.71. The average Bonchev–Trinajstić information content (AvgIpc) is 3.07. The highest BCUT2D eigenvalue weighted by Gasteiger charge is 2.53. The van der Waals surface area contributed by atoms with Crippen molar-refractivity contribution in [1.82, 2.24) is 15.5 Å². The molecule has 2 rings (SSSR count). The zero-order valence-electron chi connectivity index (χ0n) is 11.9. The van der Waals surface area contributed by atoms with Crippen molar-refractivity contribution < 1.29 is 14.3 Å². The molecule has 0 bridgehead atoms. The predicted octanol–water partition coefficient (Wildman–Crippen LogP) is 0.476. The van der Waals surface area contributed by atoms with E-state index in [0.717, 1.165) is 13.1 Å². The molecule has 0 atom stereocenters. The maximum absolute atomic E-state index is 12.4. The Morgan fingerprint density at radius 2 is 1.79 bits per heavy atom. The van der Waals surface area contributed by atoms with E-state index in [1.165, 1.54) is 0 Å². The molecular weight excluding hydrogens is 246 g/mol. The quantitative estimate of drug-likeness (QED) is 0.765. The molecule has 6 heteroatoms. The fraction of sp³-hybridized carbons (Fsp3) is 0.846. The standard InChI is InChI=1S/C13H23N3O3/c1-12(2,3)19-11(18)15-13(4-5-13)10(17)16-8-6-14-7-9-16/h14H,4-9H2,1-3H3,(H,15,18). The van der Waals surface area contributed by atoms with Gasteiger partial charge in [-0.25, -0.2) is 4.79 Å². The van der Waals surface area contributed by atoms with Gasteiger partial charge in [-0.1, -0.05) is 0 Å². The lowest BCUT2D eigenvalue weighted by atomic mass is 10.2. The lowest BCUT2D eigenvalue weighted by Gasteiger charge is -2.31. The molecule has 0 spiro atoms. The molecule has 0 aromatic rings. The second kappa shape index (κ2) is 5.00. The van der Waals surface area contributed by atoms with Crippen LogP contribution in [-0.4, -0.2) is 54.2 Å². The number of hydrogen-bond acceptors (Lipinski definition) is 4. The molecule has 1 saturated carbocycles. The Morgan fingerprint density at radius 1 is 1.21 bits per heavy atom. The second-order valence-corrected chi connectivity index (χ2v) is 6.25. The highest BCUT2D eigenvalue weighted by Crippen LogP contribution is 2.37. The van der Waals surface area contributed by atoms with E-state index in [9.17, 15) is 9.59 Å². The summed E-state index contributed by atoms with van der Waals surface area (Å²) in [5.74, 6) is 0.0276. The number of hydrogen-bond donors (Lipinski definition) is 2. The normalized spacial score (nSPS) is 21.7. The molecule has 0 unspecified atom stereocenters. The summed E-state index contributed by atoms with van der Waals surface area (Å²) in [4.78, 5) is 26.0. The van der Waals surface area contributed by atoms with Gasteiger partial charge in [-0.15, -0.1) is 0 Å². The number of rotatable bonds is 2. The molecule has 1 heterocycles. The first-order valence-electron chi connectivity index (χ1n) is 6.84. The topological polar surface area (TPSA) is 70.7 Å². The minimum atomic E-state index is -0.709. The Hall–Kier alpha value is -1.30. The van der Waals surface area contributed by atoms with Crippen LogP contribution < -0.4 is 10.6 Å². The van der Waals surface area contributed by atoms with Crippen LogP contribution in [0.1, 0.15) is 33.6 Å². The molecule has 2 aliphatic rings. The fourth-order valence-corrected chi connectivity index (χ4v) is 2.19. The van der Waals surface area contributed by atoms with Crippen LogP contribution in [-0.2, 0) is 9.53 Å². The largest absolute Gasteiger partial charge is 0.444 e. The van der Waals surface area contributed by atoms with Crippen LogP contribution >= 0.6 is 0 Å². The second-order valence-electron chi connectivity index (χ2n) is 6.25. The van der Waals surface area contributed by atoms with Gasteiger partial charge in [0.2, 0.25) is 5.91 Å². The van der Waals surface area contributed by atoms with Crippen LogP contribution in [0.4, 0.5) is 4.79 Å². The highest BCUT2D eigenvalue weighted by molar-refractivity contribution is 5.93. The van der Waals surface area contributed by atoms with Crippen molar-refractivity contribution in [2.45, 2.75) is 44.8 Å². The van der Waals surface area contributed by atoms with Gasteiger partial charge in [0.15, 0.2) is 0 Å². The summed E-state index contributed by atoms with van der Waals surface area (Å²) in [7, 11) is 0. The van der Waals surface area contributed by atoms with Crippen LogP contribution in [0.5, 0.6) is 0 Å². The lowest BCUT2D eigenvalue weighted by Crippen LogP contribution is -2.56. The van der Waals surface area contributed by atoms with Crippen LogP contribution in [0.2, 0.25) is 0 Å². The summed E-state index contributed by atoms with van der Waals surface area (Å²) in [5, 5.41) is 5.96. The number of ether oxygens (including phenoxy) is 1. The van der Waals surface area contributed by atoms with E-state index in [-0.39, 0.29) is 5.91 Å². The van der Waals surface area contributed by atoms with Crippen molar-refractivity contribution >= 4 is 12.0 Å². The molecule has 2 amide bonds. The maximum atomic E-state index is 12.4. The monoisotopic (exact) mass is 269 g/mol. The van der Waals surface area contributed by atoms with Gasteiger partial charge in [0.25, 0.3) is 0 Å². The number of piperazine rings is 1. The molecule has 6 nitrogen and oxygen atoms in total. The molecule has 1 saturated heterocycles. The Bertz CT molecular complexity index is 366. The van der Waals surface area contributed by atoms with Crippen LogP contribution in [0.15, 0.2) is 0 Å². The van der Waals surface area contributed by atoms with Gasteiger partial charge in [0.05, 0.1) is 0 Å². The molecule has 1 aliphatic heterocycles. The van der Waals surface area contributed by atoms with Crippen molar-refractivity contribution in [3.8, 4) is 0 Å². The SMILES string of the molecule is CC(C)(C)OC(=O)NC1(C(=O)N2CCNCC2)CC1. The Labute approximate surface area is 113 Å². The third-order valence-electron chi connectivity index (χ3n) is 3.30. The summed E-state index contributed by atoms with van der Waals surface area (Å²) >= 11 is 0.